The molecule has 2 heterocycles. The Morgan fingerprint density at radius 2 is 2.07 bits per heavy atom. The number of ether oxygens (including phenoxy) is 2. The Bertz CT molecular complexity index is 946. The second-order valence-corrected chi connectivity index (χ2v) is 6.98. The molecule has 1 aliphatic heterocycles. The quantitative estimate of drug-likeness (QED) is 0.648. The van der Waals surface area contributed by atoms with Crippen LogP contribution in [0.2, 0.25) is 5.02 Å². The molecule has 1 atom stereocenters. The number of carbonyl (C=O) groups excluding carboxylic acids is 1. The molecule has 2 aromatic carbocycles. The summed E-state index contributed by atoms with van der Waals surface area (Å²) in [5.74, 6) is 0.490. The van der Waals surface area contributed by atoms with Gasteiger partial charge in [0, 0.05) is 17.0 Å². The zero-order chi connectivity index (χ0) is 18.6. The molecule has 5 nitrogen and oxygen atoms in total. The molecule has 0 aliphatic carbocycles. The van der Waals surface area contributed by atoms with Gasteiger partial charge in [0.1, 0.15) is 17.9 Å². The zero-order valence-corrected chi connectivity index (χ0v) is 15.5. The van der Waals surface area contributed by atoms with Crippen LogP contribution in [0.1, 0.15) is 29.8 Å². The molecule has 3 aromatic rings. The Hall–Kier alpha value is -2.50. The molecule has 140 valence electrons. The summed E-state index contributed by atoms with van der Waals surface area (Å²) in [5, 5.41) is 4.24. The van der Waals surface area contributed by atoms with Crippen LogP contribution in [-0.2, 0) is 4.74 Å². The van der Waals surface area contributed by atoms with Crippen LogP contribution in [0.15, 0.2) is 52.9 Å². The van der Waals surface area contributed by atoms with Crippen molar-refractivity contribution in [3.8, 4) is 5.75 Å². The Kier molecular flexibility index (Phi) is 5.32. The topological polar surface area (TPSA) is 60.7 Å². The van der Waals surface area contributed by atoms with E-state index in [2.05, 4.69) is 5.32 Å². The van der Waals surface area contributed by atoms with E-state index >= 15 is 0 Å². The van der Waals surface area contributed by atoms with Crippen LogP contribution >= 0.6 is 11.6 Å². The first-order chi connectivity index (χ1) is 13.2. The average Bonchev–Trinajstić information content (AvgIpc) is 3.11. The van der Waals surface area contributed by atoms with Crippen molar-refractivity contribution in [2.45, 2.75) is 25.4 Å². The first-order valence-electron chi connectivity index (χ1n) is 9.03. The minimum atomic E-state index is -0.340. The first kappa shape index (κ1) is 17.9. The van der Waals surface area contributed by atoms with Gasteiger partial charge in [0.25, 0.3) is 5.91 Å². The highest BCUT2D eigenvalue weighted by Crippen LogP contribution is 2.27. The number of hydrogen-bond acceptors (Lipinski definition) is 4. The lowest BCUT2D eigenvalue weighted by molar-refractivity contribution is -0.0109. The summed E-state index contributed by atoms with van der Waals surface area (Å²) in [5.41, 5.74) is 1.21. The fourth-order valence-corrected chi connectivity index (χ4v) is 3.31. The van der Waals surface area contributed by atoms with Crippen molar-refractivity contribution in [3.05, 3.63) is 59.3 Å². The third-order valence-electron chi connectivity index (χ3n) is 4.54. The van der Waals surface area contributed by atoms with Crippen LogP contribution in [0, 0.1) is 0 Å². The van der Waals surface area contributed by atoms with Crippen molar-refractivity contribution in [1.29, 1.82) is 0 Å². The second kappa shape index (κ2) is 8.03. The van der Waals surface area contributed by atoms with E-state index in [1.807, 2.05) is 18.2 Å². The monoisotopic (exact) mass is 385 g/mol. The van der Waals surface area contributed by atoms with Gasteiger partial charge in [0.2, 0.25) is 0 Å². The van der Waals surface area contributed by atoms with E-state index in [9.17, 15) is 4.79 Å². The molecule has 0 radical (unpaired) electrons. The predicted octanol–water partition coefficient (Wildman–Crippen LogP) is 5.29. The molecule has 4 rings (SSSR count). The van der Waals surface area contributed by atoms with Crippen molar-refractivity contribution >= 4 is 34.2 Å². The summed E-state index contributed by atoms with van der Waals surface area (Å²) >= 11 is 5.99. The molecule has 1 unspecified atom stereocenters. The predicted molar refractivity (Wildman–Crippen MR) is 105 cm³/mol. The summed E-state index contributed by atoms with van der Waals surface area (Å²) in [6.07, 6.45) is 3.35. The van der Waals surface area contributed by atoms with Gasteiger partial charge in [-0.2, -0.15) is 0 Å². The average molecular weight is 386 g/mol. The number of carbonyl (C=O) groups is 1. The van der Waals surface area contributed by atoms with Crippen molar-refractivity contribution < 1.29 is 18.7 Å². The fraction of sp³-hybridized carbons (Fsp3) is 0.286. The van der Waals surface area contributed by atoms with E-state index in [4.69, 9.17) is 25.5 Å². The van der Waals surface area contributed by atoms with E-state index in [0.29, 0.717) is 28.6 Å². The van der Waals surface area contributed by atoms with Gasteiger partial charge in [-0.15, -0.1) is 0 Å². The maximum atomic E-state index is 12.6. The summed E-state index contributed by atoms with van der Waals surface area (Å²) < 4.78 is 17.2. The molecule has 1 saturated heterocycles. The second-order valence-electron chi connectivity index (χ2n) is 6.54. The lowest BCUT2D eigenvalue weighted by atomic mass is 10.1. The van der Waals surface area contributed by atoms with Gasteiger partial charge in [0.05, 0.1) is 11.8 Å². The van der Waals surface area contributed by atoms with E-state index in [0.717, 1.165) is 31.3 Å². The van der Waals surface area contributed by atoms with Crippen molar-refractivity contribution in [3.63, 3.8) is 0 Å². The zero-order valence-electron chi connectivity index (χ0n) is 14.7. The molecule has 0 spiro atoms. The molecule has 1 aromatic heterocycles. The summed E-state index contributed by atoms with van der Waals surface area (Å²) in [6.45, 7) is 1.25. The summed E-state index contributed by atoms with van der Waals surface area (Å²) in [4.78, 5) is 12.6. The summed E-state index contributed by atoms with van der Waals surface area (Å²) in [6, 6.07) is 14.3. The third kappa shape index (κ3) is 4.26. The number of benzene rings is 2. The largest absolute Gasteiger partial charge is 0.489 e. The number of halogens is 1. The number of amides is 1. The van der Waals surface area contributed by atoms with Gasteiger partial charge < -0.3 is 19.2 Å². The Balaban J connectivity index is 1.47. The highest BCUT2D eigenvalue weighted by molar-refractivity contribution is 6.31. The lowest BCUT2D eigenvalue weighted by Gasteiger charge is -2.23. The minimum absolute atomic E-state index is 0.0997. The van der Waals surface area contributed by atoms with Gasteiger partial charge >= 0.3 is 0 Å². The van der Waals surface area contributed by atoms with Gasteiger partial charge in [-0.1, -0.05) is 23.7 Å². The normalized spacial score (nSPS) is 17.0. The molecule has 0 saturated carbocycles. The van der Waals surface area contributed by atoms with E-state index in [1.165, 1.54) is 0 Å². The first-order valence-corrected chi connectivity index (χ1v) is 9.41. The van der Waals surface area contributed by atoms with Gasteiger partial charge in [-0.3, -0.25) is 4.79 Å². The Morgan fingerprint density at radius 1 is 1.19 bits per heavy atom. The van der Waals surface area contributed by atoms with Crippen LogP contribution < -0.4 is 10.1 Å². The molecular weight excluding hydrogens is 366 g/mol. The van der Waals surface area contributed by atoms with Gasteiger partial charge in [0.15, 0.2) is 5.76 Å². The van der Waals surface area contributed by atoms with Crippen LogP contribution in [0.5, 0.6) is 5.75 Å². The number of hydrogen-bond donors (Lipinski definition) is 1. The maximum Gasteiger partial charge on any atom is 0.291 e. The molecule has 1 amide bonds. The number of para-hydroxylation sites is 2. The number of anilines is 1. The highest BCUT2D eigenvalue weighted by atomic mass is 35.5. The van der Waals surface area contributed by atoms with Crippen LogP contribution in [0.4, 0.5) is 5.69 Å². The molecule has 6 heteroatoms. The smallest absolute Gasteiger partial charge is 0.291 e. The molecule has 1 N–H and O–H groups in total. The highest BCUT2D eigenvalue weighted by Gasteiger charge is 2.17. The maximum absolute atomic E-state index is 12.6. The van der Waals surface area contributed by atoms with Crippen LogP contribution in [0.25, 0.3) is 11.0 Å². The van der Waals surface area contributed by atoms with Gasteiger partial charge in [-0.05, 0) is 55.7 Å². The molecule has 1 aliphatic rings. The molecular formula is C21H20ClNO4. The Morgan fingerprint density at radius 3 is 2.93 bits per heavy atom. The third-order valence-corrected chi connectivity index (χ3v) is 4.77. The minimum Gasteiger partial charge on any atom is -0.489 e. The van der Waals surface area contributed by atoms with Crippen molar-refractivity contribution in [2.24, 2.45) is 0 Å². The van der Waals surface area contributed by atoms with Crippen LogP contribution in [-0.4, -0.2) is 25.2 Å². The van der Waals surface area contributed by atoms with E-state index in [1.54, 1.807) is 30.3 Å². The number of furan rings is 1. The summed E-state index contributed by atoms with van der Waals surface area (Å²) in [7, 11) is 0. The van der Waals surface area contributed by atoms with Crippen molar-refractivity contribution in [1.82, 2.24) is 0 Å². The number of nitrogens with one attached hydrogen (secondary N) is 1. The van der Waals surface area contributed by atoms with Gasteiger partial charge in [-0.25, -0.2) is 0 Å². The molecule has 0 bridgehead atoms. The van der Waals surface area contributed by atoms with E-state index < -0.39 is 0 Å². The SMILES string of the molecule is O=C(Nc1ccccc1OCC1CCCCO1)c1cc2cc(Cl)ccc2o1. The lowest BCUT2D eigenvalue weighted by Crippen LogP contribution is -2.26. The van der Waals surface area contributed by atoms with Crippen molar-refractivity contribution in [2.75, 3.05) is 18.5 Å². The standard InChI is InChI=1S/C21H20ClNO4/c22-15-8-9-18-14(11-15)12-20(27-18)21(24)23-17-6-1-2-7-19(17)26-13-16-5-3-4-10-25-16/h1-2,6-9,11-12,16H,3-5,10,13H2,(H,23,24). The van der Waals surface area contributed by atoms with E-state index in [-0.39, 0.29) is 17.8 Å². The Labute approximate surface area is 162 Å². The number of fused-ring (bicyclic) bond motifs is 1. The van der Waals surface area contributed by atoms with Crippen LogP contribution in [0.3, 0.4) is 0 Å². The fourth-order valence-electron chi connectivity index (χ4n) is 3.13. The molecule has 1 fully saturated rings. The number of rotatable bonds is 5. The molecule has 27 heavy (non-hydrogen) atoms.